The number of halogens is 1. The van der Waals surface area contributed by atoms with Crippen molar-refractivity contribution < 1.29 is 18.4 Å². The molecule has 3 heterocycles. The molecule has 0 spiro atoms. The number of hydrogen-bond acceptors (Lipinski definition) is 7. The predicted octanol–water partition coefficient (Wildman–Crippen LogP) is 4.24. The van der Waals surface area contributed by atoms with Gasteiger partial charge in [-0.25, -0.2) is 4.39 Å². The zero-order valence-electron chi connectivity index (χ0n) is 19.6. The van der Waals surface area contributed by atoms with Gasteiger partial charge < -0.3 is 18.9 Å². The molecular formula is C26H31FN4O3. The van der Waals surface area contributed by atoms with E-state index >= 15 is 0 Å². The Bertz CT molecular complexity index is 1080. The van der Waals surface area contributed by atoms with Crippen molar-refractivity contribution >= 4 is 5.69 Å². The molecule has 7 nitrogen and oxygen atoms in total. The van der Waals surface area contributed by atoms with Gasteiger partial charge in [0.25, 0.3) is 0 Å². The van der Waals surface area contributed by atoms with E-state index in [1.807, 2.05) is 36.4 Å². The normalized spacial score (nSPS) is 15.9. The Morgan fingerprint density at radius 1 is 0.971 bits per heavy atom. The van der Waals surface area contributed by atoms with Crippen molar-refractivity contribution in [1.29, 1.82) is 0 Å². The third-order valence-electron chi connectivity index (χ3n) is 6.57. The van der Waals surface area contributed by atoms with Crippen LogP contribution in [0.4, 0.5) is 10.1 Å². The van der Waals surface area contributed by atoms with Crippen molar-refractivity contribution in [2.24, 2.45) is 0 Å². The van der Waals surface area contributed by atoms with Gasteiger partial charge in [0.1, 0.15) is 11.5 Å². The summed E-state index contributed by atoms with van der Waals surface area (Å²) in [6.45, 7) is 10.2. The number of rotatable bonds is 9. The van der Waals surface area contributed by atoms with Crippen molar-refractivity contribution in [3.8, 4) is 22.8 Å². The quantitative estimate of drug-likeness (QED) is 0.467. The van der Waals surface area contributed by atoms with Crippen LogP contribution in [0.2, 0.25) is 0 Å². The Morgan fingerprint density at radius 2 is 1.76 bits per heavy atom. The van der Waals surface area contributed by atoms with Gasteiger partial charge in [0.15, 0.2) is 17.3 Å². The minimum absolute atomic E-state index is 0.183. The highest BCUT2D eigenvalue weighted by molar-refractivity contribution is 5.64. The standard InChI is InChI=1S/C26H31FN4O3/c1-2-29(10-3-11-30-12-14-31(15-13-30)22-7-5-21(27)6-8-22)18-23-17-24(28-34-23)20-4-9-25-26(16-20)33-19-32-25/h4-9,16-17H,2-3,10-15,18-19H2,1H3. The SMILES string of the molecule is CCN(CCCN1CCN(c2ccc(F)cc2)CC1)Cc1cc(-c2ccc3c(c2)OCO3)no1. The molecular weight excluding hydrogens is 435 g/mol. The number of benzene rings is 2. The van der Waals surface area contributed by atoms with Crippen molar-refractivity contribution in [2.75, 3.05) is 57.5 Å². The molecule has 0 unspecified atom stereocenters. The lowest BCUT2D eigenvalue weighted by Gasteiger charge is -2.36. The Morgan fingerprint density at radius 3 is 2.56 bits per heavy atom. The Kier molecular flexibility index (Phi) is 6.97. The van der Waals surface area contributed by atoms with E-state index in [9.17, 15) is 4.39 Å². The van der Waals surface area contributed by atoms with Gasteiger partial charge >= 0.3 is 0 Å². The van der Waals surface area contributed by atoms with E-state index in [2.05, 4.69) is 26.8 Å². The zero-order chi connectivity index (χ0) is 23.3. The van der Waals surface area contributed by atoms with Gasteiger partial charge in [0.05, 0.1) is 6.54 Å². The molecule has 1 saturated heterocycles. The summed E-state index contributed by atoms with van der Waals surface area (Å²) < 4.78 is 29.6. The second-order valence-electron chi connectivity index (χ2n) is 8.77. The maximum Gasteiger partial charge on any atom is 0.231 e. The summed E-state index contributed by atoms with van der Waals surface area (Å²) in [6.07, 6.45) is 1.10. The van der Waals surface area contributed by atoms with Crippen LogP contribution in [0, 0.1) is 5.82 Å². The predicted molar refractivity (Wildman–Crippen MR) is 129 cm³/mol. The number of aromatic nitrogens is 1. The fourth-order valence-corrected chi connectivity index (χ4v) is 4.55. The van der Waals surface area contributed by atoms with Crippen LogP contribution in [0.25, 0.3) is 11.3 Å². The van der Waals surface area contributed by atoms with Crippen LogP contribution in [0.1, 0.15) is 19.1 Å². The first-order valence-electron chi connectivity index (χ1n) is 12.0. The van der Waals surface area contributed by atoms with Crippen molar-refractivity contribution in [3.63, 3.8) is 0 Å². The molecule has 1 fully saturated rings. The average Bonchev–Trinajstić information content (AvgIpc) is 3.53. The number of hydrogen-bond donors (Lipinski definition) is 0. The molecule has 1 aromatic heterocycles. The molecule has 0 amide bonds. The largest absolute Gasteiger partial charge is 0.454 e. The molecule has 0 aliphatic carbocycles. The minimum Gasteiger partial charge on any atom is -0.454 e. The highest BCUT2D eigenvalue weighted by Crippen LogP contribution is 2.35. The van der Waals surface area contributed by atoms with Crippen molar-refractivity contribution in [3.05, 3.63) is 60.1 Å². The van der Waals surface area contributed by atoms with Gasteiger partial charge in [-0.15, -0.1) is 0 Å². The van der Waals surface area contributed by atoms with Gasteiger partial charge in [0.2, 0.25) is 6.79 Å². The van der Waals surface area contributed by atoms with Crippen molar-refractivity contribution in [2.45, 2.75) is 19.9 Å². The summed E-state index contributed by atoms with van der Waals surface area (Å²) in [5, 5.41) is 4.26. The monoisotopic (exact) mass is 466 g/mol. The number of nitrogens with zero attached hydrogens (tertiary/aromatic N) is 4. The highest BCUT2D eigenvalue weighted by atomic mass is 19.1. The second-order valence-corrected chi connectivity index (χ2v) is 8.77. The van der Waals surface area contributed by atoms with Crippen LogP contribution in [0.5, 0.6) is 11.5 Å². The fraction of sp³-hybridized carbons (Fsp3) is 0.423. The second kappa shape index (κ2) is 10.4. The van der Waals surface area contributed by atoms with Crippen LogP contribution in [-0.2, 0) is 6.54 Å². The zero-order valence-corrected chi connectivity index (χ0v) is 19.6. The third-order valence-corrected chi connectivity index (χ3v) is 6.57. The molecule has 2 aromatic carbocycles. The lowest BCUT2D eigenvalue weighted by atomic mass is 10.1. The van der Waals surface area contributed by atoms with E-state index in [4.69, 9.17) is 14.0 Å². The number of fused-ring (bicyclic) bond motifs is 1. The molecule has 8 heteroatoms. The van der Waals surface area contributed by atoms with Gasteiger partial charge in [-0.2, -0.15) is 0 Å². The third kappa shape index (κ3) is 5.34. The summed E-state index contributed by atoms with van der Waals surface area (Å²) in [6, 6.07) is 14.6. The van der Waals surface area contributed by atoms with Gasteiger partial charge in [-0.05, 0) is 68.5 Å². The smallest absolute Gasteiger partial charge is 0.231 e. The Hall–Kier alpha value is -3.10. The van der Waals surface area contributed by atoms with Crippen LogP contribution < -0.4 is 14.4 Å². The molecule has 34 heavy (non-hydrogen) atoms. The van der Waals surface area contributed by atoms with E-state index < -0.39 is 0 Å². The van der Waals surface area contributed by atoms with Crippen molar-refractivity contribution in [1.82, 2.24) is 15.0 Å². The molecule has 3 aromatic rings. The molecule has 0 bridgehead atoms. The minimum atomic E-state index is -0.183. The summed E-state index contributed by atoms with van der Waals surface area (Å²) in [5.74, 6) is 2.19. The van der Waals surface area contributed by atoms with Crippen LogP contribution in [0.15, 0.2) is 53.1 Å². The number of piperazine rings is 1. The molecule has 2 aliphatic heterocycles. The van der Waals surface area contributed by atoms with E-state index in [0.717, 1.165) is 93.0 Å². The first-order chi connectivity index (χ1) is 16.7. The van der Waals surface area contributed by atoms with Crippen LogP contribution >= 0.6 is 0 Å². The lowest BCUT2D eigenvalue weighted by Crippen LogP contribution is -2.47. The maximum atomic E-state index is 13.2. The van der Waals surface area contributed by atoms with Crippen LogP contribution in [-0.4, -0.2) is 67.6 Å². The topological polar surface area (TPSA) is 54.2 Å². The van der Waals surface area contributed by atoms with Gasteiger partial charge in [-0.1, -0.05) is 12.1 Å². The fourth-order valence-electron chi connectivity index (χ4n) is 4.55. The number of ether oxygens (including phenoxy) is 2. The van der Waals surface area contributed by atoms with E-state index in [0.29, 0.717) is 0 Å². The molecule has 0 atom stereocenters. The van der Waals surface area contributed by atoms with E-state index in [1.54, 1.807) is 0 Å². The lowest BCUT2D eigenvalue weighted by molar-refractivity contribution is 0.174. The maximum absolute atomic E-state index is 13.2. The molecule has 0 N–H and O–H groups in total. The molecule has 2 aliphatic rings. The summed E-state index contributed by atoms with van der Waals surface area (Å²) in [4.78, 5) is 7.23. The molecule has 5 rings (SSSR count). The molecule has 180 valence electrons. The number of anilines is 1. The first-order valence-corrected chi connectivity index (χ1v) is 12.0. The Balaban J connectivity index is 1.07. The van der Waals surface area contributed by atoms with Gasteiger partial charge in [-0.3, -0.25) is 9.80 Å². The summed E-state index contributed by atoms with van der Waals surface area (Å²) in [7, 11) is 0. The van der Waals surface area contributed by atoms with Crippen LogP contribution in [0.3, 0.4) is 0 Å². The van der Waals surface area contributed by atoms with Gasteiger partial charge in [0, 0.05) is 43.5 Å². The Labute approximate surface area is 199 Å². The summed E-state index contributed by atoms with van der Waals surface area (Å²) >= 11 is 0. The first kappa shape index (κ1) is 22.7. The summed E-state index contributed by atoms with van der Waals surface area (Å²) in [5.41, 5.74) is 2.87. The molecule has 0 radical (unpaired) electrons. The highest BCUT2D eigenvalue weighted by Gasteiger charge is 2.18. The molecule has 0 saturated carbocycles. The van der Waals surface area contributed by atoms with E-state index in [1.165, 1.54) is 12.1 Å². The average molecular weight is 467 g/mol. The van der Waals surface area contributed by atoms with E-state index in [-0.39, 0.29) is 12.6 Å².